The third-order valence-corrected chi connectivity index (χ3v) is 5.84. The Bertz CT molecular complexity index is 1110. The molecule has 0 unspecified atom stereocenters. The topological polar surface area (TPSA) is 86.9 Å². The van der Waals surface area contributed by atoms with E-state index in [1.807, 2.05) is 36.4 Å². The summed E-state index contributed by atoms with van der Waals surface area (Å²) >= 11 is 0. The average molecular weight is 437 g/mol. The van der Waals surface area contributed by atoms with Gasteiger partial charge in [-0.15, -0.1) is 0 Å². The number of carbonyl (C=O) groups is 2. The highest BCUT2D eigenvalue weighted by molar-refractivity contribution is 6.11. The van der Waals surface area contributed by atoms with E-state index < -0.39 is 5.97 Å². The van der Waals surface area contributed by atoms with Crippen LogP contribution in [0.3, 0.4) is 0 Å². The number of ether oxygens (including phenoxy) is 2. The number of nitrogens with zero attached hydrogens (tertiary/aromatic N) is 2. The maximum atomic E-state index is 12.9. The molecule has 0 radical (unpaired) electrons. The lowest BCUT2D eigenvalue weighted by Crippen LogP contribution is -2.53. The zero-order chi connectivity index (χ0) is 22.7. The fraction of sp³-hybridized carbons (Fsp3) is 0.333. The Kier molecular flexibility index (Phi) is 6.32. The van der Waals surface area contributed by atoms with Gasteiger partial charge in [0.1, 0.15) is 11.4 Å². The lowest BCUT2D eigenvalue weighted by molar-refractivity contribution is -0.117. The van der Waals surface area contributed by atoms with Crippen LogP contribution in [-0.4, -0.2) is 68.2 Å². The Hall–Kier alpha value is -3.52. The molecule has 1 saturated heterocycles. The van der Waals surface area contributed by atoms with E-state index in [0.29, 0.717) is 5.69 Å². The van der Waals surface area contributed by atoms with E-state index in [1.54, 1.807) is 7.11 Å². The van der Waals surface area contributed by atoms with Crippen molar-refractivity contribution in [2.24, 2.45) is 0 Å². The molecule has 2 heterocycles. The number of rotatable bonds is 6. The highest BCUT2D eigenvalue weighted by atomic mass is 16.5. The number of anilines is 2. The number of aromatic amines is 1. The molecular formula is C24H28N4O4. The molecule has 1 aliphatic heterocycles. The normalized spacial score (nSPS) is 16.7. The molecule has 0 bridgehead atoms. The first kappa shape index (κ1) is 21.7. The molecule has 1 aliphatic rings. The lowest BCUT2D eigenvalue weighted by atomic mass is 10.1. The van der Waals surface area contributed by atoms with E-state index in [0.717, 1.165) is 42.0 Å². The van der Waals surface area contributed by atoms with Gasteiger partial charge >= 0.3 is 5.97 Å². The second-order valence-electron chi connectivity index (χ2n) is 7.94. The molecule has 8 nitrogen and oxygen atoms in total. The number of fused-ring (bicyclic) bond motifs is 1. The van der Waals surface area contributed by atoms with Gasteiger partial charge in [0.05, 0.1) is 26.5 Å². The van der Waals surface area contributed by atoms with E-state index in [2.05, 4.69) is 39.2 Å². The lowest BCUT2D eigenvalue weighted by Gasteiger charge is -2.41. The molecule has 4 rings (SSSR count). The summed E-state index contributed by atoms with van der Waals surface area (Å²) in [6.45, 7) is 4.75. The minimum atomic E-state index is -0.516. The summed E-state index contributed by atoms with van der Waals surface area (Å²) < 4.78 is 10.1. The molecule has 2 N–H and O–H groups in total. The molecule has 168 valence electrons. The maximum absolute atomic E-state index is 12.9. The van der Waals surface area contributed by atoms with Crippen LogP contribution in [0.15, 0.2) is 48.5 Å². The van der Waals surface area contributed by atoms with Gasteiger partial charge in [-0.05, 0) is 37.3 Å². The fourth-order valence-electron chi connectivity index (χ4n) is 4.24. The Labute approximate surface area is 187 Å². The first-order valence-electron chi connectivity index (χ1n) is 10.6. The Morgan fingerprint density at radius 3 is 2.53 bits per heavy atom. The third-order valence-electron chi connectivity index (χ3n) is 5.84. The van der Waals surface area contributed by atoms with Crippen LogP contribution in [0.1, 0.15) is 17.4 Å². The summed E-state index contributed by atoms with van der Waals surface area (Å²) in [5.74, 6) is 0.156. The molecule has 1 amide bonds. The molecule has 8 heteroatoms. The zero-order valence-electron chi connectivity index (χ0n) is 18.6. The largest absolute Gasteiger partial charge is 0.497 e. The average Bonchev–Trinajstić information content (AvgIpc) is 3.17. The first-order chi connectivity index (χ1) is 15.5. The molecule has 1 atom stereocenters. The van der Waals surface area contributed by atoms with Gasteiger partial charge in [-0.1, -0.05) is 18.2 Å². The van der Waals surface area contributed by atoms with Crippen LogP contribution in [0.25, 0.3) is 10.9 Å². The van der Waals surface area contributed by atoms with Gasteiger partial charge in [0.15, 0.2) is 0 Å². The van der Waals surface area contributed by atoms with Crippen molar-refractivity contribution in [3.05, 3.63) is 54.2 Å². The number of nitrogens with one attached hydrogen (secondary N) is 2. The van der Waals surface area contributed by atoms with Gasteiger partial charge < -0.3 is 24.7 Å². The summed E-state index contributed by atoms with van der Waals surface area (Å²) in [6.07, 6.45) is 0. The molecule has 2 aromatic carbocycles. The molecule has 0 spiro atoms. The number of benzene rings is 2. The van der Waals surface area contributed by atoms with Crippen LogP contribution in [-0.2, 0) is 9.53 Å². The number of carbonyl (C=O) groups excluding carboxylic acids is 2. The van der Waals surface area contributed by atoms with Crippen LogP contribution < -0.4 is 15.0 Å². The summed E-state index contributed by atoms with van der Waals surface area (Å²) in [6, 6.07) is 15.8. The van der Waals surface area contributed by atoms with Gasteiger partial charge in [0, 0.05) is 42.3 Å². The summed E-state index contributed by atoms with van der Waals surface area (Å²) in [5.41, 5.74) is 2.62. The number of methoxy groups -OCH3 is 2. The standard InChI is InChI=1S/C24H28N4O4/c1-16-14-27(12-13-28(16)17-8-10-18(31-2)11-9-17)15-21(29)26-22-19-6-4-5-7-20(19)25-23(22)24(30)32-3/h4-11,16,25H,12-15H2,1-3H3,(H,26,29)/t16-/m0/s1. The van der Waals surface area contributed by atoms with E-state index in [4.69, 9.17) is 9.47 Å². The Morgan fingerprint density at radius 1 is 1.09 bits per heavy atom. The summed E-state index contributed by atoms with van der Waals surface area (Å²) in [5, 5.41) is 3.70. The van der Waals surface area contributed by atoms with E-state index in [-0.39, 0.29) is 24.2 Å². The molecule has 1 aromatic heterocycles. The highest BCUT2D eigenvalue weighted by Crippen LogP contribution is 2.28. The fourth-order valence-corrected chi connectivity index (χ4v) is 4.24. The first-order valence-corrected chi connectivity index (χ1v) is 10.6. The molecule has 3 aromatic rings. The van der Waals surface area contributed by atoms with Crippen molar-refractivity contribution in [2.45, 2.75) is 13.0 Å². The van der Waals surface area contributed by atoms with Crippen molar-refractivity contribution in [2.75, 3.05) is 50.6 Å². The number of para-hydroxylation sites is 1. The van der Waals surface area contributed by atoms with E-state index >= 15 is 0 Å². The molecular weight excluding hydrogens is 408 g/mol. The maximum Gasteiger partial charge on any atom is 0.356 e. The number of hydrogen-bond acceptors (Lipinski definition) is 6. The van der Waals surface area contributed by atoms with E-state index in [9.17, 15) is 9.59 Å². The highest BCUT2D eigenvalue weighted by Gasteiger charge is 2.26. The zero-order valence-corrected chi connectivity index (χ0v) is 18.6. The van der Waals surface area contributed by atoms with Crippen LogP contribution in [0.2, 0.25) is 0 Å². The van der Waals surface area contributed by atoms with Crippen LogP contribution in [0, 0.1) is 0 Å². The van der Waals surface area contributed by atoms with Gasteiger partial charge in [0.2, 0.25) is 5.91 Å². The van der Waals surface area contributed by atoms with Crippen molar-refractivity contribution in [3.63, 3.8) is 0 Å². The van der Waals surface area contributed by atoms with Crippen LogP contribution in [0.5, 0.6) is 5.75 Å². The second-order valence-corrected chi connectivity index (χ2v) is 7.94. The van der Waals surface area contributed by atoms with Crippen molar-refractivity contribution < 1.29 is 19.1 Å². The second kappa shape index (κ2) is 9.32. The Balaban J connectivity index is 1.42. The van der Waals surface area contributed by atoms with E-state index in [1.165, 1.54) is 7.11 Å². The Morgan fingerprint density at radius 2 is 1.84 bits per heavy atom. The van der Waals surface area contributed by atoms with Crippen molar-refractivity contribution in [3.8, 4) is 5.75 Å². The molecule has 1 fully saturated rings. The number of hydrogen-bond donors (Lipinski definition) is 2. The number of amides is 1. The van der Waals surface area contributed by atoms with Crippen molar-refractivity contribution in [1.82, 2.24) is 9.88 Å². The van der Waals surface area contributed by atoms with Crippen molar-refractivity contribution >= 4 is 34.2 Å². The third kappa shape index (κ3) is 4.40. The van der Waals surface area contributed by atoms with Crippen LogP contribution in [0.4, 0.5) is 11.4 Å². The van der Waals surface area contributed by atoms with Gasteiger partial charge in [-0.25, -0.2) is 4.79 Å². The van der Waals surface area contributed by atoms with Crippen molar-refractivity contribution in [1.29, 1.82) is 0 Å². The monoisotopic (exact) mass is 436 g/mol. The molecule has 0 saturated carbocycles. The number of esters is 1. The molecule has 0 aliphatic carbocycles. The minimum absolute atomic E-state index is 0.162. The summed E-state index contributed by atoms with van der Waals surface area (Å²) in [7, 11) is 2.98. The van der Waals surface area contributed by atoms with Gasteiger partial charge in [0.25, 0.3) is 0 Å². The predicted molar refractivity (Wildman–Crippen MR) is 125 cm³/mol. The number of H-pyrrole nitrogens is 1. The SMILES string of the molecule is COC(=O)c1[nH]c2ccccc2c1NC(=O)CN1CCN(c2ccc(OC)cc2)[C@@H](C)C1. The minimum Gasteiger partial charge on any atom is -0.497 e. The smallest absolute Gasteiger partial charge is 0.356 e. The number of aromatic nitrogens is 1. The van der Waals surface area contributed by atoms with Gasteiger partial charge in [-0.3, -0.25) is 9.69 Å². The van der Waals surface area contributed by atoms with Gasteiger partial charge in [-0.2, -0.15) is 0 Å². The van der Waals surface area contributed by atoms with Crippen LogP contribution >= 0.6 is 0 Å². The predicted octanol–water partition coefficient (Wildman–Crippen LogP) is 3.11. The quantitative estimate of drug-likeness (QED) is 0.578. The summed E-state index contributed by atoms with van der Waals surface area (Å²) in [4.78, 5) is 32.6. The number of piperazine rings is 1. The molecule has 32 heavy (non-hydrogen) atoms.